The molecule has 0 saturated carbocycles. The predicted molar refractivity (Wildman–Crippen MR) is 70.2 cm³/mol. The summed E-state index contributed by atoms with van der Waals surface area (Å²) in [7, 11) is 0. The normalized spacial score (nSPS) is 11.8. The zero-order valence-corrected chi connectivity index (χ0v) is 10.8. The maximum Gasteiger partial charge on any atom is 0.130 e. The third-order valence-corrected chi connectivity index (χ3v) is 2.78. The van der Waals surface area contributed by atoms with Gasteiger partial charge >= 0.3 is 0 Å². The largest absolute Gasteiger partial charge is 0.310 e. The number of nitrogens with one attached hydrogen (secondary N) is 1. The van der Waals surface area contributed by atoms with Crippen LogP contribution in [0.2, 0.25) is 0 Å². The molecule has 2 heteroatoms. The summed E-state index contributed by atoms with van der Waals surface area (Å²) in [6, 6.07) is 5.62. The molecule has 1 aromatic carbocycles. The highest BCUT2D eigenvalue weighted by Gasteiger charge is 2.15. The summed E-state index contributed by atoms with van der Waals surface area (Å²) in [4.78, 5) is 0. The van der Waals surface area contributed by atoms with Crippen LogP contribution in [0, 0.1) is 24.6 Å². The fourth-order valence-electron chi connectivity index (χ4n) is 1.89. The summed E-state index contributed by atoms with van der Waals surface area (Å²) < 4.78 is 14.0. The Morgan fingerprint density at radius 2 is 2.18 bits per heavy atom. The number of rotatable bonds is 5. The smallest absolute Gasteiger partial charge is 0.130 e. The van der Waals surface area contributed by atoms with Crippen LogP contribution in [-0.4, -0.2) is 6.54 Å². The molecule has 1 aromatic rings. The van der Waals surface area contributed by atoms with Gasteiger partial charge in [-0.2, -0.15) is 0 Å². The summed E-state index contributed by atoms with van der Waals surface area (Å²) in [5.41, 5.74) is 1.46. The fraction of sp³-hybridized carbons (Fsp3) is 0.467. The van der Waals surface area contributed by atoms with Gasteiger partial charge in [-0.3, -0.25) is 0 Å². The molecule has 1 N–H and O–H groups in total. The lowest BCUT2D eigenvalue weighted by Gasteiger charge is -2.18. The Kier molecular flexibility index (Phi) is 5.72. The first-order valence-corrected chi connectivity index (χ1v) is 6.08. The minimum absolute atomic E-state index is 0.0562. The Morgan fingerprint density at radius 3 is 2.82 bits per heavy atom. The van der Waals surface area contributed by atoms with Crippen LogP contribution in [0.1, 0.15) is 43.9 Å². The molecule has 0 aliphatic heterocycles. The van der Waals surface area contributed by atoms with Gasteiger partial charge in [0.2, 0.25) is 0 Å². The topological polar surface area (TPSA) is 12.0 Å². The van der Waals surface area contributed by atoms with E-state index in [1.54, 1.807) is 13.0 Å². The monoisotopic (exact) mass is 233 g/mol. The van der Waals surface area contributed by atoms with Crippen molar-refractivity contribution in [1.82, 2.24) is 5.32 Å². The molecular weight excluding hydrogens is 213 g/mol. The van der Waals surface area contributed by atoms with Crippen molar-refractivity contribution in [3.05, 3.63) is 35.1 Å². The van der Waals surface area contributed by atoms with E-state index in [9.17, 15) is 4.39 Å². The van der Waals surface area contributed by atoms with Crippen molar-refractivity contribution in [1.29, 1.82) is 0 Å². The number of hydrogen-bond acceptors (Lipinski definition) is 1. The van der Waals surface area contributed by atoms with Gasteiger partial charge in [0.05, 0.1) is 0 Å². The molecule has 0 spiro atoms. The lowest BCUT2D eigenvalue weighted by molar-refractivity contribution is 0.488. The molecule has 0 heterocycles. The molecule has 92 valence electrons. The van der Waals surface area contributed by atoms with Crippen LogP contribution in [0.3, 0.4) is 0 Å². The van der Waals surface area contributed by atoms with Crippen molar-refractivity contribution in [3.8, 4) is 11.8 Å². The maximum atomic E-state index is 14.0. The molecule has 0 aromatic heterocycles. The Bertz CT molecular complexity index is 415. The van der Waals surface area contributed by atoms with E-state index in [-0.39, 0.29) is 11.9 Å². The van der Waals surface area contributed by atoms with Crippen LogP contribution in [0.5, 0.6) is 0 Å². The highest BCUT2D eigenvalue weighted by atomic mass is 19.1. The van der Waals surface area contributed by atoms with E-state index < -0.39 is 0 Å². The molecule has 1 nitrogen and oxygen atoms in total. The molecule has 1 unspecified atom stereocenters. The third-order valence-electron chi connectivity index (χ3n) is 2.78. The number of hydrogen-bond donors (Lipinski definition) is 1. The SMILES string of the molecule is CC#CCCC(NCC)c1cccc(C)c1F. The van der Waals surface area contributed by atoms with Gasteiger partial charge in [-0.1, -0.05) is 25.1 Å². The van der Waals surface area contributed by atoms with E-state index in [4.69, 9.17) is 0 Å². The van der Waals surface area contributed by atoms with E-state index in [2.05, 4.69) is 17.2 Å². The molecule has 0 amide bonds. The van der Waals surface area contributed by atoms with Crippen LogP contribution >= 0.6 is 0 Å². The van der Waals surface area contributed by atoms with Crippen LogP contribution in [0.4, 0.5) is 4.39 Å². The molecule has 0 radical (unpaired) electrons. The summed E-state index contributed by atoms with van der Waals surface area (Å²) in [6.45, 7) is 6.49. The van der Waals surface area contributed by atoms with Crippen molar-refractivity contribution >= 4 is 0 Å². The van der Waals surface area contributed by atoms with Gasteiger partial charge in [-0.15, -0.1) is 11.8 Å². The quantitative estimate of drug-likeness (QED) is 0.766. The Hall–Kier alpha value is -1.33. The van der Waals surface area contributed by atoms with E-state index in [1.165, 1.54) is 0 Å². The molecule has 1 rings (SSSR count). The first-order chi connectivity index (χ1) is 8.20. The lowest BCUT2D eigenvalue weighted by Crippen LogP contribution is -2.22. The molecule has 0 fully saturated rings. The second-order valence-corrected chi connectivity index (χ2v) is 4.05. The van der Waals surface area contributed by atoms with Gasteiger partial charge in [0, 0.05) is 18.0 Å². The van der Waals surface area contributed by atoms with Crippen LogP contribution in [-0.2, 0) is 0 Å². The lowest BCUT2D eigenvalue weighted by atomic mass is 9.99. The Morgan fingerprint density at radius 1 is 1.41 bits per heavy atom. The van der Waals surface area contributed by atoms with Crippen molar-refractivity contribution in [2.75, 3.05) is 6.54 Å². The number of benzene rings is 1. The van der Waals surface area contributed by atoms with Crippen molar-refractivity contribution in [2.24, 2.45) is 0 Å². The van der Waals surface area contributed by atoms with Crippen LogP contribution < -0.4 is 5.32 Å². The Balaban J connectivity index is 2.87. The predicted octanol–water partition coefficient (Wildman–Crippen LogP) is 3.59. The van der Waals surface area contributed by atoms with Crippen LogP contribution in [0.25, 0.3) is 0 Å². The van der Waals surface area contributed by atoms with E-state index in [1.807, 2.05) is 26.0 Å². The summed E-state index contributed by atoms with van der Waals surface area (Å²) in [5, 5.41) is 3.32. The van der Waals surface area contributed by atoms with Gasteiger partial charge in [-0.25, -0.2) is 4.39 Å². The van der Waals surface area contributed by atoms with Gasteiger partial charge < -0.3 is 5.32 Å². The standard InChI is InChI=1S/C15H20FN/c1-4-6-7-11-14(17-5-2)13-10-8-9-12(3)15(13)16/h8-10,14,17H,5,7,11H2,1-3H3. The molecule has 1 atom stereocenters. The maximum absolute atomic E-state index is 14.0. The second-order valence-electron chi connectivity index (χ2n) is 4.05. The molecule has 0 saturated heterocycles. The second kappa shape index (κ2) is 7.09. The van der Waals surface area contributed by atoms with Crippen molar-refractivity contribution in [2.45, 2.75) is 39.7 Å². The van der Waals surface area contributed by atoms with Crippen LogP contribution in [0.15, 0.2) is 18.2 Å². The minimum Gasteiger partial charge on any atom is -0.310 e. The summed E-state index contributed by atoms with van der Waals surface area (Å²) in [5.74, 6) is 5.81. The minimum atomic E-state index is -0.0945. The first kappa shape index (κ1) is 13.7. The Labute approximate surface area is 103 Å². The molecule has 0 bridgehead atoms. The van der Waals surface area contributed by atoms with E-state index in [0.29, 0.717) is 5.56 Å². The highest BCUT2D eigenvalue weighted by molar-refractivity contribution is 5.27. The van der Waals surface area contributed by atoms with Gasteiger partial charge in [-0.05, 0) is 32.4 Å². The van der Waals surface area contributed by atoms with E-state index in [0.717, 1.165) is 24.9 Å². The van der Waals surface area contributed by atoms with Crippen molar-refractivity contribution in [3.63, 3.8) is 0 Å². The van der Waals surface area contributed by atoms with Gasteiger partial charge in [0.25, 0.3) is 0 Å². The average Bonchev–Trinajstić information content (AvgIpc) is 2.32. The zero-order valence-electron chi connectivity index (χ0n) is 10.8. The third kappa shape index (κ3) is 3.87. The fourth-order valence-corrected chi connectivity index (χ4v) is 1.89. The van der Waals surface area contributed by atoms with Crippen molar-refractivity contribution < 1.29 is 4.39 Å². The number of aryl methyl sites for hydroxylation is 1. The van der Waals surface area contributed by atoms with Gasteiger partial charge in [0.15, 0.2) is 0 Å². The molecule has 17 heavy (non-hydrogen) atoms. The molecular formula is C15H20FN. The summed E-state index contributed by atoms with van der Waals surface area (Å²) in [6.07, 6.45) is 1.64. The van der Waals surface area contributed by atoms with Gasteiger partial charge in [0.1, 0.15) is 5.82 Å². The van der Waals surface area contributed by atoms with E-state index >= 15 is 0 Å². The number of halogens is 1. The average molecular weight is 233 g/mol. The zero-order chi connectivity index (χ0) is 12.7. The summed E-state index contributed by atoms with van der Waals surface area (Å²) >= 11 is 0. The molecule has 0 aliphatic carbocycles. The molecule has 0 aliphatic rings. The first-order valence-electron chi connectivity index (χ1n) is 6.08. The highest BCUT2D eigenvalue weighted by Crippen LogP contribution is 2.23.